The van der Waals surface area contributed by atoms with Gasteiger partial charge in [-0.25, -0.2) is 4.79 Å². The van der Waals surface area contributed by atoms with Crippen LogP contribution in [0.3, 0.4) is 0 Å². The van der Waals surface area contributed by atoms with E-state index in [0.717, 1.165) is 11.0 Å². The van der Waals surface area contributed by atoms with E-state index in [4.69, 9.17) is 5.11 Å². The summed E-state index contributed by atoms with van der Waals surface area (Å²) in [5.74, 6) is -0.438. The van der Waals surface area contributed by atoms with Gasteiger partial charge in [-0.1, -0.05) is 0 Å². The zero-order valence-corrected chi connectivity index (χ0v) is 10.9. The van der Waals surface area contributed by atoms with E-state index in [-0.39, 0.29) is 11.9 Å². The number of thiophene rings is 1. The summed E-state index contributed by atoms with van der Waals surface area (Å²) in [4.78, 5) is 23.7. The first-order chi connectivity index (χ1) is 8.56. The third-order valence-corrected chi connectivity index (χ3v) is 3.98. The van der Waals surface area contributed by atoms with Gasteiger partial charge in [0.2, 0.25) is 0 Å². The molecule has 0 aliphatic heterocycles. The van der Waals surface area contributed by atoms with Crippen molar-refractivity contribution in [2.75, 3.05) is 0 Å². The number of amides is 1. The number of hydrogen-bond donors (Lipinski definition) is 2. The molecule has 0 spiro atoms. The number of carboxylic acid groups (broad SMARTS) is 1. The summed E-state index contributed by atoms with van der Waals surface area (Å²) in [6, 6.07) is 3.69. The highest BCUT2D eigenvalue weighted by atomic mass is 32.1. The van der Waals surface area contributed by atoms with E-state index >= 15 is 0 Å². The highest BCUT2D eigenvalue weighted by Gasteiger charge is 2.29. The smallest absolute Gasteiger partial charge is 0.328 e. The molecule has 0 saturated heterocycles. The van der Waals surface area contributed by atoms with Crippen molar-refractivity contribution in [2.45, 2.75) is 25.8 Å². The molecule has 0 bridgehead atoms. The van der Waals surface area contributed by atoms with Crippen molar-refractivity contribution in [2.24, 2.45) is 5.92 Å². The number of hydrogen-bond acceptors (Lipinski definition) is 3. The van der Waals surface area contributed by atoms with Crippen molar-refractivity contribution in [3.63, 3.8) is 0 Å². The molecule has 0 radical (unpaired) electrons. The third kappa shape index (κ3) is 3.43. The predicted molar refractivity (Wildman–Crippen MR) is 70.6 cm³/mol. The maximum absolute atomic E-state index is 11.9. The average molecular weight is 265 g/mol. The third-order valence-electron chi connectivity index (χ3n) is 2.93. The Hall–Kier alpha value is -1.62. The molecule has 1 amide bonds. The molecule has 2 rings (SSSR count). The summed E-state index contributed by atoms with van der Waals surface area (Å²) in [5.41, 5.74) is 0. The second-order valence-electron chi connectivity index (χ2n) is 4.47. The van der Waals surface area contributed by atoms with E-state index in [9.17, 15) is 9.59 Å². The number of carbonyl (C=O) groups is 2. The number of carboxylic acids is 1. The normalized spacial score (nSPS) is 16.7. The van der Waals surface area contributed by atoms with Gasteiger partial charge in [-0.3, -0.25) is 4.79 Å². The van der Waals surface area contributed by atoms with Crippen LogP contribution < -0.4 is 5.32 Å². The number of carbonyl (C=O) groups excluding carboxylic acids is 1. The molecule has 5 heteroatoms. The van der Waals surface area contributed by atoms with E-state index in [2.05, 4.69) is 5.32 Å². The number of aliphatic carboxylic acids is 1. The minimum atomic E-state index is -0.989. The van der Waals surface area contributed by atoms with E-state index in [1.165, 1.54) is 30.3 Å². The molecule has 1 atom stereocenters. The van der Waals surface area contributed by atoms with E-state index in [1.807, 2.05) is 6.92 Å². The fourth-order valence-corrected chi connectivity index (χ4v) is 2.52. The Bertz CT molecular complexity index is 488. The quantitative estimate of drug-likeness (QED) is 0.803. The summed E-state index contributed by atoms with van der Waals surface area (Å²) in [7, 11) is 0. The van der Waals surface area contributed by atoms with Crippen molar-refractivity contribution in [1.82, 2.24) is 5.32 Å². The summed E-state index contributed by atoms with van der Waals surface area (Å²) < 4.78 is 0. The SMILES string of the molecule is CC(NC(=O)c1ccc(C=CC(=O)O)s1)C1CC1. The van der Waals surface area contributed by atoms with Gasteiger partial charge in [0.15, 0.2) is 0 Å². The lowest BCUT2D eigenvalue weighted by Crippen LogP contribution is -2.33. The fourth-order valence-electron chi connectivity index (χ4n) is 1.71. The lowest BCUT2D eigenvalue weighted by molar-refractivity contribution is -0.131. The van der Waals surface area contributed by atoms with Crippen molar-refractivity contribution in [3.05, 3.63) is 28.0 Å². The van der Waals surface area contributed by atoms with Gasteiger partial charge in [0.05, 0.1) is 4.88 Å². The molecule has 18 heavy (non-hydrogen) atoms. The first kappa shape index (κ1) is 12.8. The van der Waals surface area contributed by atoms with Gasteiger partial charge in [0.1, 0.15) is 0 Å². The molecular formula is C13H15NO3S. The molecule has 0 aromatic carbocycles. The molecule has 1 fully saturated rings. The lowest BCUT2D eigenvalue weighted by atomic mass is 10.2. The molecule has 1 aliphatic rings. The maximum Gasteiger partial charge on any atom is 0.328 e. The second-order valence-corrected chi connectivity index (χ2v) is 5.59. The summed E-state index contributed by atoms with van der Waals surface area (Å²) in [6.07, 6.45) is 4.95. The Morgan fingerprint density at radius 2 is 2.22 bits per heavy atom. The van der Waals surface area contributed by atoms with Crippen LogP contribution in [0.4, 0.5) is 0 Å². The summed E-state index contributed by atoms with van der Waals surface area (Å²) in [5, 5.41) is 11.5. The zero-order chi connectivity index (χ0) is 13.1. The Morgan fingerprint density at radius 3 is 2.83 bits per heavy atom. The Labute approximate surface area is 109 Å². The van der Waals surface area contributed by atoms with Crippen LogP contribution in [0.2, 0.25) is 0 Å². The van der Waals surface area contributed by atoms with Crippen LogP contribution in [-0.4, -0.2) is 23.0 Å². The van der Waals surface area contributed by atoms with Gasteiger partial charge in [0, 0.05) is 17.0 Å². The van der Waals surface area contributed by atoms with Crippen LogP contribution in [0.1, 0.15) is 34.3 Å². The Kier molecular flexibility index (Phi) is 3.81. The molecule has 1 aromatic heterocycles. The summed E-state index contributed by atoms with van der Waals surface area (Å²) >= 11 is 1.29. The number of rotatable bonds is 5. The van der Waals surface area contributed by atoms with E-state index < -0.39 is 5.97 Å². The van der Waals surface area contributed by atoms with Crippen LogP contribution in [0.5, 0.6) is 0 Å². The second kappa shape index (κ2) is 5.35. The van der Waals surface area contributed by atoms with Crippen molar-refractivity contribution < 1.29 is 14.7 Å². The van der Waals surface area contributed by atoms with Crippen LogP contribution >= 0.6 is 11.3 Å². The molecule has 1 saturated carbocycles. The average Bonchev–Trinajstić information content (AvgIpc) is 3.05. The zero-order valence-electron chi connectivity index (χ0n) is 10.1. The molecular weight excluding hydrogens is 250 g/mol. The van der Waals surface area contributed by atoms with Gasteiger partial charge in [-0.05, 0) is 43.9 Å². The van der Waals surface area contributed by atoms with Crippen molar-refractivity contribution in [3.8, 4) is 0 Å². The van der Waals surface area contributed by atoms with E-state index in [0.29, 0.717) is 10.8 Å². The standard InChI is InChI=1S/C13H15NO3S/c1-8(9-2-3-9)14-13(17)11-6-4-10(18-11)5-7-12(15)16/h4-9H,2-3H2,1H3,(H,14,17)(H,15,16). The van der Waals surface area contributed by atoms with Gasteiger partial charge >= 0.3 is 5.97 Å². The van der Waals surface area contributed by atoms with Crippen LogP contribution in [-0.2, 0) is 4.79 Å². The molecule has 1 heterocycles. The molecule has 1 aromatic rings. The highest BCUT2D eigenvalue weighted by Crippen LogP contribution is 2.32. The Balaban J connectivity index is 1.96. The van der Waals surface area contributed by atoms with Gasteiger partial charge in [-0.15, -0.1) is 11.3 Å². The van der Waals surface area contributed by atoms with Crippen molar-refractivity contribution >= 4 is 29.3 Å². The maximum atomic E-state index is 11.9. The molecule has 1 aliphatic carbocycles. The first-order valence-electron chi connectivity index (χ1n) is 5.88. The van der Waals surface area contributed by atoms with Crippen LogP contribution in [0, 0.1) is 5.92 Å². The predicted octanol–water partition coefficient (Wildman–Crippen LogP) is 2.37. The molecule has 4 nitrogen and oxygen atoms in total. The Morgan fingerprint density at radius 1 is 1.50 bits per heavy atom. The molecule has 2 N–H and O–H groups in total. The number of nitrogens with one attached hydrogen (secondary N) is 1. The van der Waals surface area contributed by atoms with Gasteiger partial charge in [-0.2, -0.15) is 0 Å². The fraction of sp³-hybridized carbons (Fsp3) is 0.385. The minimum absolute atomic E-state index is 0.0747. The monoisotopic (exact) mass is 265 g/mol. The van der Waals surface area contributed by atoms with Gasteiger partial charge in [0.25, 0.3) is 5.91 Å². The lowest BCUT2D eigenvalue weighted by Gasteiger charge is -2.11. The minimum Gasteiger partial charge on any atom is -0.478 e. The van der Waals surface area contributed by atoms with Crippen molar-refractivity contribution in [1.29, 1.82) is 0 Å². The van der Waals surface area contributed by atoms with E-state index in [1.54, 1.807) is 12.1 Å². The largest absolute Gasteiger partial charge is 0.478 e. The van der Waals surface area contributed by atoms with Crippen LogP contribution in [0.25, 0.3) is 6.08 Å². The first-order valence-corrected chi connectivity index (χ1v) is 6.69. The summed E-state index contributed by atoms with van der Waals surface area (Å²) in [6.45, 7) is 2.02. The highest BCUT2D eigenvalue weighted by molar-refractivity contribution is 7.14. The topological polar surface area (TPSA) is 66.4 Å². The van der Waals surface area contributed by atoms with Gasteiger partial charge < -0.3 is 10.4 Å². The van der Waals surface area contributed by atoms with Crippen LogP contribution in [0.15, 0.2) is 18.2 Å². The molecule has 1 unspecified atom stereocenters. The molecule has 96 valence electrons.